The first-order valence-corrected chi connectivity index (χ1v) is 9.17. The van der Waals surface area contributed by atoms with Gasteiger partial charge in [-0.15, -0.1) is 11.8 Å². The van der Waals surface area contributed by atoms with Gasteiger partial charge in [0.05, 0.1) is 0 Å². The molecule has 0 saturated heterocycles. The Hall–Kier alpha value is -1.59. The van der Waals surface area contributed by atoms with Crippen LogP contribution in [0.3, 0.4) is 0 Å². The van der Waals surface area contributed by atoms with E-state index in [1.165, 1.54) is 11.8 Å². The van der Waals surface area contributed by atoms with Crippen molar-refractivity contribution in [2.75, 3.05) is 16.2 Å². The number of anilines is 1. The lowest BCUT2D eigenvalue weighted by atomic mass is 10.3. The number of amides is 1. The summed E-state index contributed by atoms with van der Waals surface area (Å²) in [5.41, 5.74) is 0.764. The molecule has 0 spiro atoms. The summed E-state index contributed by atoms with van der Waals surface area (Å²) in [6.45, 7) is 3.66. The molecular formula is C17H19NO2S2. The van der Waals surface area contributed by atoms with Crippen molar-refractivity contribution in [2.45, 2.75) is 18.7 Å². The maximum atomic E-state index is 11.0. The lowest BCUT2D eigenvalue weighted by molar-refractivity contribution is -0.114. The zero-order valence-corrected chi connectivity index (χ0v) is 14.3. The molecule has 0 heterocycles. The molecule has 1 amide bonds. The molecule has 2 aromatic carbocycles. The molecule has 1 N–H and O–H groups in total. The average molecular weight is 333 g/mol. The number of rotatable bonds is 7. The third-order valence-electron chi connectivity index (χ3n) is 2.75. The second-order valence-corrected chi connectivity index (χ2v) is 7.22. The highest BCUT2D eigenvalue weighted by Gasteiger charge is 2.00. The van der Waals surface area contributed by atoms with Crippen molar-refractivity contribution in [3.05, 3.63) is 48.5 Å². The summed E-state index contributed by atoms with van der Waals surface area (Å²) in [5.74, 6) is 2.61. The van der Waals surface area contributed by atoms with Gasteiger partial charge in [0.25, 0.3) is 0 Å². The number of thioether (sulfide) groups is 2. The molecule has 0 bridgehead atoms. The van der Waals surface area contributed by atoms with E-state index in [-0.39, 0.29) is 5.91 Å². The molecule has 0 saturated carbocycles. The minimum absolute atomic E-state index is 0.0806. The first kappa shape index (κ1) is 16.8. The van der Waals surface area contributed by atoms with Crippen LogP contribution in [0.5, 0.6) is 11.5 Å². The lowest BCUT2D eigenvalue weighted by Gasteiger charge is -2.08. The minimum atomic E-state index is -0.0806. The van der Waals surface area contributed by atoms with E-state index in [4.69, 9.17) is 4.74 Å². The largest absolute Gasteiger partial charge is 0.457 e. The van der Waals surface area contributed by atoms with Crippen molar-refractivity contribution in [1.29, 1.82) is 0 Å². The fraction of sp³-hybridized carbons (Fsp3) is 0.235. The summed E-state index contributed by atoms with van der Waals surface area (Å²) < 4.78 is 5.79. The van der Waals surface area contributed by atoms with Crippen LogP contribution in [0.2, 0.25) is 0 Å². The van der Waals surface area contributed by atoms with Gasteiger partial charge in [0.1, 0.15) is 11.5 Å². The van der Waals surface area contributed by atoms with E-state index in [0.29, 0.717) is 0 Å². The second-order valence-electron chi connectivity index (χ2n) is 4.53. The zero-order chi connectivity index (χ0) is 15.8. The van der Waals surface area contributed by atoms with Gasteiger partial charge in [-0.1, -0.05) is 6.92 Å². The fourth-order valence-corrected chi connectivity index (χ4v) is 3.62. The molecule has 0 aliphatic heterocycles. The monoisotopic (exact) mass is 333 g/mol. The van der Waals surface area contributed by atoms with Crippen LogP contribution in [0.15, 0.2) is 53.4 Å². The van der Waals surface area contributed by atoms with E-state index in [9.17, 15) is 4.79 Å². The predicted molar refractivity (Wildman–Crippen MR) is 96.1 cm³/mol. The Labute approximate surface area is 139 Å². The highest BCUT2D eigenvalue weighted by atomic mass is 32.2. The molecule has 0 aliphatic rings. The Morgan fingerprint density at radius 1 is 1.05 bits per heavy atom. The quantitative estimate of drug-likeness (QED) is 0.427. The van der Waals surface area contributed by atoms with Crippen LogP contribution >= 0.6 is 23.5 Å². The van der Waals surface area contributed by atoms with Crippen molar-refractivity contribution in [3.63, 3.8) is 0 Å². The molecule has 0 atom stereocenters. The van der Waals surface area contributed by atoms with Gasteiger partial charge in [-0.25, -0.2) is 0 Å². The molecule has 2 aromatic rings. The molecule has 116 valence electrons. The molecule has 0 aliphatic carbocycles. The molecule has 5 heteroatoms. The first-order valence-electron chi connectivity index (χ1n) is 7.03. The van der Waals surface area contributed by atoms with E-state index in [1.807, 2.05) is 59.9 Å². The van der Waals surface area contributed by atoms with Gasteiger partial charge in [0, 0.05) is 22.6 Å². The molecule has 0 fully saturated rings. The van der Waals surface area contributed by atoms with E-state index in [0.717, 1.165) is 28.0 Å². The predicted octanol–water partition coefficient (Wildman–Crippen LogP) is 5.24. The molecule has 0 radical (unpaired) electrons. The molecule has 0 unspecified atom stereocenters. The Bertz CT molecular complexity index is 597. The van der Waals surface area contributed by atoms with Crippen LogP contribution in [0.1, 0.15) is 13.8 Å². The summed E-state index contributed by atoms with van der Waals surface area (Å²) in [5, 5.41) is 3.80. The smallest absolute Gasteiger partial charge is 0.221 e. The maximum absolute atomic E-state index is 11.0. The van der Waals surface area contributed by atoms with Gasteiger partial charge < -0.3 is 10.1 Å². The molecule has 0 aromatic heterocycles. The topological polar surface area (TPSA) is 38.3 Å². The fourth-order valence-electron chi connectivity index (χ4n) is 1.74. The van der Waals surface area contributed by atoms with Gasteiger partial charge in [-0.3, -0.25) is 4.79 Å². The third kappa shape index (κ3) is 5.66. The van der Waals surface area contributed by atoms with Gasteiger partial charge in [-0.2, -0.15) is 11.8 Å². The standard InChI is InChI=1S/C17H19NO2S2/c1-3-21-12-22-17-10-8-16(9-11-17)20-15-6-4-14(5-7-15)18-13(2)19/h4-11H,3,12H2,1-2H3,(H,18,19). The number of hydrogen-bond acceptors (Lipinski definition) is 4. The Morgan fingerprint density at radius 3 is 2.18 bits per heavy atom. The molecule has 3 nitrogen and oxygen atoms in total. The third-order valence-corrected chi connectivity index (χ3v) is 4.90. The van der Waals surface area contributed by atoms with Crippen LogP contribution in [0.4, 0.5) is 5.69 Å². The second kappa shape index (κ2) is 8.76. The zero-order valence-electron chi connectivity index (χ0n) is 12.7. The van der Waals surface area contributed by atoms with E-state index in [1.54, 1.807) is 0 Å². The first-order chi connectivity index (χ1) is 10.7. The highest BCUT2D eigenvalue weighted by Crippen LogP contribution is 2.27. The van der Waals surface area contributed by atoms with Crippen LogP contribution in [-0.2, 0) is 4.79 Å². The van der Waals surface area contributed by atoms with Crippen molar-refractivity contribution in [2.24, 2.45) is 0 Å². The number of benzene rings is 2. The number of carbonyl (C=O) groups excluding carboxylic acids is 1. The summed E-state index contributed by atoms with van der Waals surface area (Å²) in [4.78, 5) is 12.2. The van der Waals surface area contributed by atoms with Crippen LogP contribution in [-0.4, -0.2) is 16.7 Å². The van der Waals surface area contributed by atoms with Gasteiger partial charge in [0.15, 0.2) is 0 Å². The summed E-state index contributed by atoms with van der Waals surface area (Å²) >= 11 is 3.75. The van der Waals surface area contributed by atoms with E-state index >= 15 is 0 Å². The maximum Gasteiger partial charge on any atom is 0.221 e. The van der Waals surface area contributed by atoms with Crippen molar-refractivity contribution in [1.82, 2.24) is 0 Å². The molecular weight excluding hydrogens is 314 g/mol. The van der Waals surface area contributed by atoms with Crippen molar-refractivity contribution in [3.8, 4) is 11.5 Å². The normalized spacial score (nSPS) is 10.3. The number of carbonyl (C=O) groups is 1. The number of ether oxygens (including phenoxy) is 1. The summed E-state index contributed by atoms with van der Waals surface area (Å²) in [7, 11) is 0. The lowest BCUT2D eigenvalue weighted by Crippen LogP contribution is -2.05. The van der Waals surface area contributed by atoms with Gasteiger partial charge in [0.2, 0.25) is 5.91 Å². The Morgan fingerprint density at radius 2 is 1.64 bits per heavy atom. The molecule has 2 rings (SSSR count). The van der Waals surface area contributed by atoms with Gasteiger partial charge >= 0.3 is 0 Å². The summed E-state index contributed by atoms with van der Waals surface area (Å²) in [6, 6.07) is 15.4. The average Bonchev–Trinajstić information content (AvgIpc) is 2.51. The van der Waals surface area contributed by atoms with Gasteiger partial charge in [-0.05, 0) is 54.3 Å². The number of nitrogens with one attached hydrogen (secondary N) is 1. The van der Waals surface area contributed by atoms with E-state index in [2.05, 4.69) is 24.4 Å². The molecule has 22 heavy (non-hydrogen) atoms. The summed E-state index contributed by atoms with van der Waals surface area (Å²) in [6.07, 6.45) is 0. The Balaban J connectivity index is 1.91. The number of hydrogen-bond donors (Lipinski definition) is 1. The van der Waals surface area contributed by atoms with Crippen LogP contribution < -0.4 is 10.1 Å². The van der Waals surface area contributed by atoms with Crippen molar-refractivity contribution < 1.29 is 9.53 Å². The SMILES string of the molecule is CCSCSc1ccc(Oc2ccc(NC(C)=O)cc2)cc1. The van der Waals surface area contributed by atoms with Crippen molar-refractivity contribution >= 4 is 35.1 Å². The highest BCUT2D eigenvalue weighted by molar-refractivity contribution is 8.16. The van der Waals surface area contributed by atoms with E-state index < -0.39 is 0 Å². The van der Waals surface area contributed by atoms with Crippen LogP contribution in [0, 0.1) is 0 Å². The minimum Gasteiger partial charge on any atom is -0.457 e. The Kier molecular flexibility index (Phi) is 6.68. The van der Waals surface area contributed by atoms with Crippen LogP contribution in [0.25, 0.3) is 0 Å².